The minimum absolute atomic E-state index is 0.579. The normalized spacial score (nSPS) is 11.5. The molecule has 0 saturated carbocycles. The molecule has 0 aliphatic rings. The fourth-order valence-corrected chi connectivity index (χ4v) is 2.09. The van der Waals surface area contributed by atoms with Gasteiger partial charge >= 0.3 is 0 Å². The molecule has 0 bridgehead atoms. The van der Waals surface area contributed by atoms with E-state index in [1.165, 1.54) is 11.8 Å². The quantitative estimate of drug-likeness (QED) is 0.676. The Labute approximate surface area is 101 Å². The lowest BCUT2D eigenvalue weighted by Gasteiger charge is -2.02. The maximum atomic E-state index is 4.39. The standard InChI is InChI=1S/C9H11N7S/c1-10-6-5-7(15(2)4-11-5)16-8(12-6)13-9(14-16)17-3/h4H,1-3H3,(H,10,12,13,14). The van der Waals surface area contributed by atoms with Gasteiger partial charge in [0.25, 0.3) is 5.78 Å². The van der Waals surface area contributed by atoms with E-state index in [2.05, 4.69) is 25.4 Å². The van der Waals surface area contributed by atoms with Gasteiger partial charge < -0.3 is 9.88 Å². The fourth-order valence-electron chi connectivity index (χ4n) is 1.75. The predicted molar refractivity (Wildman–Crippen MR) is 66.4 cm³/mol. The van der Waals surface area contributed by atoms with Crippen LogP contribution in [0.3, 0.4) is 0 Å². The van der Waals surface area contributed by atoms with E-state index in [4.69, 9.17) is 0 Å². The van der Waals surface area contributed by atoms with Crippen LogP contribution in [0.2, 0.25) is 0 Å². The van der Waals surface area contributed by atoms with Crippen LogP contribution >= 0.6 is 11.8 Å². The van der Waals surface area contributed by atoms with Crippen LogP contribution in [0.1, 0.15) is 0 Å². The molecule has 3 rings (SSSR count). The molecule has 0 amide bonds. The second-order valence-electron chi connectivity index (χ2n) is 3.55. The van der Waals surface area contributed by atoms with Crippen LogP contribution < -0.4 is 5.32 Å². The summed E-state index contributed by atoms with van der Waals surface area (Å²) in [5.74, 6) is 1.29. The molecule has 0 aliphatic heterocycles. The van der Waals surface area contributed by atoms with Crippen molar-refractivity contribution < 1.29 is 0 Å². The number of anilines is 1. The van der Waals surface area contributed by atoms with Gasteiger partial charge in [0, 0.05) is 14.1 Å². The second kappa shape index (κ2) is 3.59. The van der Waals surface area contributed by atoms with Crippen LogP contribution in [-0.2, 0) is 7.05 Å². The van der Waals surface area contributed by atoms with Crippen LogP contribution in [-0.4, -0.2) is 42.4 Å². The fraction of sp³-hybridized carbons (Fsp3) is 0.333. The summed E-state index contributed by atoms with van der Waals surface area (Å²) >= 11 is 1.49. The minimum atomic E-state index is 0.579. The number of rotatable bonds is 2. The molecule has 0 unspecified atom stereocenters. The maximum absolute atomic E-state index is 4.39. The first-order valence-electron chi connectivity index (χ1n) is 5.04. The van der Waals surface area contributed by atoms with Gasteiger partial charge in [-0.05, 0) is 6.26 Å². The van der Waals surface area contributed by atoms with E-state index in [1.807, 2.05) is 24.9 Å². The summed E-state index contributed by atoms with van der Waals surface area (Å²) in [5.41, 5.74) is 1.67. The molecule has 0 aromatic carbocycles. The average Bonchev–Trinajstić information content (AvgIpc) is 2.91. The maximum Gasteiger partial charge on any atom is 0.257 e. The van der Waals surface area contributed by atoms with Crippen molar-refractivity contribution >= 4 is 34.5 Å². The summed E-state index contributed by atoms with van der Waals surface area (Å²) in [6, 6.07) is 0. The highest BCUT2D eigenvalue weighted by atomic mass is 32.2. The molecule has 88 valence electrons. The first kappa shape index (κ1) is 10.3. The average molecular weight is 249 g/mol. The Hall–Kier alpha value is -1.83. The lowest BCUT2D eigenvalue weighted by atomic mass is 10.5. The van der Waals surface area contributed by atoms with Crippen molar-refractivity contribution in [3.63, 3.8) is 0 Å². The van der Waals surface area contributed by atoms with Crippen molar-refractivity contribution in [1.82, 2.24) is 29.1 Å². The highest BCUT2D eigenvalue weighted by Crippen LogP contribution is 2.21. The van der Waals surface area contributed by atoms with Gasteiger partial charge in [-0.1, -0.05) is 11.8 Å². The van der Waals surface area contributed by atoms with Crippen LogP contribution in [0, 0.1) is 0 Å². The number of hydrogen-bond acceptors (Lipinski definition) is 6. The van der Waals surface area contributed by atoms with E-state index in [0.29, 0.717) is 16.8 Å². The molecule has 0 saturated heterocycles. The summed E-state index contributed by atoms with van der Waals surface area (Å²) in [6.45, 7) is 0. The summed E-state index contributed by atoms with van der Waals surface area (Å²) in [6.07, 6.45) is 3.68. The van der Waals surface area contributed by atoms with Gasteiger partial charge in [-0.25, -0.2) is 4.98 Å². The van der Waals surface area contributed by atoms with Gasteiger partial charge in [-0.2, -0.15) is 14.5 Å². The molecule has 0 aliphatic carbocycles. The van der Waals surface area contributed by atoms with E-state index < -0.39 is 0 Å². The highest BCUT2D eigenvalue weighted by molar-refractivity contribution is 7.98. The number of aryl methyl sites for hydroxylation is 1. The van der Waals surface area contributed by atoms with Gasteiger partial charge in [0.2, 0.25) is 5.16 Å². The molecule has 3 heterocycles. The molecular formula is C9H11N7S. The van der Waals surface area contributed by atoms with E-state index in [-0.39, 0.29) is 0 Å². The lowest BCUT2D eigenvalue weighted by Crippen LogP contribution is -2.02. The lowest BCUT2D eigenvalue weighted by molar-refractivity contribution is 0.849. The third kappa shape index (κ3) is 1.37. The molecule has 1 N–H and O–H groups in total. The van der Waals surface area contributed by atoms with E-state index >= 15 is 0 Å². The summed E-state index contributed by atoms with van der Waals surface area (Å²) in [7, 11) is 3.74. The third-order valence-electron chi connectivity index (χ3n) is 2.53. The number of imidazole rings is 1. The molecule has 8 heteroatoms. The van der Waals surface area contributed by atoms with Crippen molar-refractivity contribution in [1.29, 1.82) is 0 Å². The molecule has 3 aromatic rings. The molecule has 0 radical (unpaired) electrons. The Kier molecular flexibility index (Phi) is 2.18. The van der Waals surface area contributed by atoms with Crippen molar-refractivity contribution in [2.45, 2.75) is 5.16 Å². The summed E-state index contributed by atoms with van der Waals surface area (Å²) in [4.78, 5) is 13.0. The first-order chi connectivity index (χ1) is 8.24. The Morgan fingerprint density at radius 3 is 2.88 bits per heavy atom. The number of thioether (sulfide) groups is 1. The van der Waals surface area contributed by atoms with Crippen LogP contribution in [0.4, 0.5) is 5.82 Å². The van der Waals surface area contributed by atoms with Gasteiger partial charge in [-0.3, -0.25) is 0 Å². The molecule has 0 spiro atoms. The van der Waals surface area contributed by atoms with Crippen LogP contribution in [0.25, 0.3) is 16.9 Å². The number of nitrogens with zero attached hydrogens (tertiary/aromatic N) is 6. The van der Waals surface area contributed by atoms with Crippen molar-refractivity contribution in [2.75, 3.05) is 18.6 Å². The summed E-state index contributed by atoms with van der Waals surface area (Å²) < 4.78 is 3.62. The Morgan fingerprint density at radius 1 is 1.35 bits per heavy atom. The van der Waals surface area contributed by atoms with Gasteiger partial charge in [-0.15, -0.1) is 5.10 Å². The Balaban J connectivity index is 2.50. The topological polar surface area (TPSA) is 72.9 Å². The van der Waals surface area contributed by atoms with Crippen LogP contribution in [0.5, 0.6) is 0 Å². The largest absolute Gasteiger partial charge is 0.371 e. The minimum Gasteiger partial charge on any atom is -0.371 e. The number of hydrogen-bond donors (Lipinski definition) is 1. The first-order valence-corrected chi connectivity index (χ1v) is 6.26. The molecule has 7 nitrogen and oxygen atoms in total. The van der Waals surface area contributed by atoms with E-state index in [9.17, 15) is 0 Å². The van der Waals surface area contributed by atoms with Gasteiger partial charge in [0.05, 0.1) is 6.33 Å². The molecule has 3 aromatic heterocycles. The number of aromatic nitrogens is 6. The molecule has 17 heavy (non-hydrogen) atoms. The SMILES string of the molecule is CNc1nc2nc(SC)nn2c2c1ncn2C. The second-order valence-corrected chi connectivity index (χ2v) is 4.32. The van der Waals surface area contributed by atoms with E-state index in [1.54, 1.807) is 10.8 Å². The molecule has 0 fully saturated rings. The highest BCUT2D eigenvalue weighted by Gasteiger charge is 2.14. The van der Waals surface area contributed by atoms with E-state index in [0.717, 1.165) is 11.2 Å². The zero-order valence-corrected chi connectivity index (χ0v) is 10.5. The molecule has 0 atom stereocenters. The number of fused-ring (bicyclic) bond motifs is 3. The monoisotopic (exact) mass is 249 g/mol. The van der Waals surface area contributed by atoms with Gasteiger partial charge in [0.1, 0.15) is 0 Å². The molecular weight excluding hydrogens is 238 g/mol. The zero-order valence-electron chi connectivity index (χ0n) is 9.67. The Bertz CT molecular complexity index is 698. The predicted octanol–water partition coefficient (Wildman–Crippen LogP) is 0.775. The van der Waals surface area contributed by atoms with Crippen molar-refractivity contribution in [2.24, 2.45) is 7.05 Å². The zero-order chi connectivity index (χ0) is 12.0. The number of nitrogens with one attached hydrogen (secondary N) is 1. The van der Waals surface area contributed by atoms with Crippen molar-refractivity contribution in [3.05, 3.63) is 6.33 Å². The Morgan fingerprint density at radius 2 is 2.18 bits per heavy atom. The summed E-state index contributed by atoms with van der Waals surface area (Å²) in [5, 5.41) is 8.12. The van der Waals surface area contributed by atoms with Crippen LogP contribution in [0.15, 0.2) is 11.5 Å². The van der Waals surface area contributed by atoms with Crippen molar-refractivity contribution in [3.8, 4) is 0 Å². The van der Waals surface area contributed by atoms with Gasteiger partial charge in [0.15, 0.2) is 17.0 Å². The smallest absolute Gasteiger partial charge is 0.257 e. The third-order valence-corrected chi connectivity index (χ3v) is 3.07.